The molecule has 2 aromatic rings. The summed E-state index contributed by atoms with van der Waals surface area (Å²) in [6.07, 6.45) is 1.28. The van der Waals surface area contributed by atoms with Crippen molar-refractivity contribution in [3.05, 3.63) is 30.2 Å². The Balaban J connectivity index is 1.89. The maximum atomic E-state index is 13.3. The fourth-order valence-electron chi connectivity index (χ4n) is 3.88. The van der Waals surface area contributed by atoms with Gasteiger partial charge in [-0.1, -0.05) is 39.8 Å². The number of nitrogens with one attached hydrogen (secondary N) is 1. The van der Waals surface area contributed by atoms with E-state index in [0.717, 1.165) is 6.42 Å². The van der Waals surface area contributed by atoms with Crippen molar-refractivity contribution in [2.45, 2.75) is 58.2 Å². The molecule has 30 heavy (non-hydrogen) atoms. The van der Waals surface area contributed by atoms with E-state index in [0.29, 0.717) is 24.1 Å². The summed E-state index contributed by atoms with van der Waals surface area (Å²) >= 11 is 0. The number of fused-ring (bicyclic) bond motifs is 1. The van der Waals surface area contributed by atoms with Gasteiger partial charge in [0.2, 0.25) is 17.7 Å². The summed E-state index contributed by atoms with van der Waals surface area (Å²) in [4.78, 5) is 32.2. The van der Waals surface area contributed by atoms with Crippen LogP contribution in [0.4, 0.5) is 0 Å². The number of nitrogens with zero attached hydrogens (tertiary/aromatic N) is 2. The van der Waals surface area contributed by atoms with Crippen LogP contribution in [0, 0.1) is 11.8 Å². The first-order valence-corrected chi connectivity index (χ1v) is 10.6. The zero-order valence-corrected chi connectivity index (χ0v) is 18.1. The lowest BCUT2D eigenvalue weighted by Crippen LogP contribution is -2.59. The lowest BCUT2D eigenvalue weighted by atomic mass is 9.86. The first kappa shape index (κ1) is 22.2. The molecule has 4 N–H and O–H groups in total. The zero-order valence-electron chi connectivity index (χ0n) is 18.1. The van der Waals surface area contributed by atoms with Crippen molar-refractivity contribution in [2.24, 2.45) is 17.6 Å². The fraction of sp³-hybridized carbons (Fsp3) is 0.591. The van der Waals surface area contributed by atoms with E-state index in [2.05, 4.69) is 10.3 Å². The number of nitrogens with two attached hydrogens (primary N) is 1. The van der Waals surface area contributed by atoms with Crippen molar-refractivity contribution in [3.63, 3.8) is 0 Å². The number of likely N-dealkylation sites (tertiary alicyclic amines) is 1. The SMILES string of the molecule is CC(C)[C@H](N)C(=O)N1CCC[C@H]1C(=O)N[C@@](CO)(c1nc2ccccc2o1)C(C)C. The number of carbonyl (C=O) groups is 2. The second kappa shape index (κ2) is 8.73. The van der Waals surface area contributed by atoms with E-state index in [-0.39, 0.29) is 36.1 Å². The number of amides is 2. The van der Waals surface area contributed by atoms with Crippen LogP contribution in [0.5, 0.6) is 0 Å². The van der Waals surface area contributed by atoms with Crippen LogP contribution < -0.4 is 11.1 Å². The zero-order chi connectivity index (χ0) is 22.1. The Kier molecular flexibility index (Phi) is 6.47. The first-order chi connectivity index (χ1) is 14.2. The normalized spacial score (nSPS) is 20.0. The van der Waals surface area contributed by atoms with E-state index >= 15 is 0 Å². The van der Waals surface area contributed by atoms with Gasteiger partial charge in [0.05, 0.1) is 12.6 Å². The molecule has 3 atom stereocenters. The van der Waals surface area contributed by atoms with Crippen molar-refractivity contribution in [2.75, 3.05) is 13.2 Å². The van der Waals surface area contributed by atoms with Gasteiger partial charge in [-0.15, -0.1) is 0 Å². The molecule has 1 saturated heterocycles. The lowest BCUT2D eigenvalue weighted by Gasteiger charge is -2.36. The highest BCUT2D eigenvalue weighted by Crippen LogP contribution is 2.32. The van der Waals surface area contributed by atoms with E-state index in [1.54, 1.807) is 11.0 Å². The number of aliphatic hydroxyl groups excluding tert-OH is 1. The number of aromatic nitrogens is 1. The molecule has 8 heteroatoms. The second-order valence-corrected chi connectivity index (χ2v) is 8.72. The molecule has 0 unspecified atom stereocenters. The number of oxazole rings is 1. The Morgan fingerprint density at radius 3 is 2.63 bits per heavy atom. The molecule has 0 radical (unpaired) electrons. The van der Waals surface area contributed by atoms with Gasteiger partial charge in [-0.05, 0) is 36.8 Å². The van der Waals surface area contributed by atoms with Gasteiger partial charge < -0.3 is 25.5 Å². The van der Waals surface area contributed by atoms with Gasteiger partial charge in [-0.3, -0.25) is 9.59 Å². The average Bonchev–Trinajstić information content (AvgIpc) is 3.37. The number of hydrogen-bond acceptors (Lipinski definition) is 6. The summed E-state index contributed by atoms with van der Waals surface area (Å²) in [5.74, 6) is -0.522. The Morgan fingerprint density at radius 2 is 2.03 bits per heavy atom. The summed E-state index contributed by atoms with van der Waals surface area (Å²) in [6.45, 7) is 7.66. The summed E-state index contributed by atoms with van der Waals surface area (Å²) in [7, 11) is 0. The van der Waals surface area contributed by atoms with Crippen molar-refractivity contribution < 1.29 is 19.1 Å². The molecule has 2 amide bonds. The third-order valence-electron chi connectivity index (χ3n) is 6.10. The summed E-state index contributed by atoms with van der Waals surface area (Å²) in [5, 5.41) is 13.3. The molecular weight excluding hydrogens is 384 g/mol. The predicted molar refractivity (Wildman–Crippen MR) is 113 cm³/mol. The first-order valence-electron chi connectivity index (χ1n) is 10.6. The van der Waals surface area contributed by atoms with Gasteiger partial charge in [0.25, 0.3) is 0 Å². The maximum absolute atomic E-state index is 13.3. The summed E-state index contributed by atoms with van der Waals surface area (Å²) in [6, 6.07) is 6.02. The van der Waals surface area contributed by atoms with Crippen LogP contribution in [0.3, 0.4) is 0 Å². The smallest absolute Gasteiger partial charge is 0.243 e. The van der Waals surface area contributed by atoms with Crippen LogP contribution in [-0.2, 0) is 15.1 Å². The highest BCUT2D eigenvalue weighted by molar-refractivity contribution is 5.90. The quantitative estimate of drug-likeness (QED) is 0.632. The minimum atomic E-state index is -1.20. The maximum Gasteiger partial charge on any atom is 0.243 e. The Hall–Kier alpha value is -2.45. The van der Waals surface area contributed by atoms with Crippen molar-refractivity contribution in [1.29, 1.82) is 0 Å². The Labute approximate surface area is 176 Å². The van der Waals surface area contributed by atoms with Crippen LogP contribution in [0.1, 0.15) is 46.4 Å². The highest BCUT2D eigenvalue weighted by Gasteiger charge is 2.45. The van der Waals surface area contributed by atoms with Gasteiger partial charge in [0.15, 0.2) is 5.58 Å². The van der Waals surface area contributed by atoms with Crippen molar-refractivity contribution >= 4 is 22.9 Å². The third kappa shape index (κ3) is 3.94. The summed E-state index contributed by atoms with van der Waals surface area (Å²) < 4.78 is 5.91. The topological polar surface area (TPSA) is 122 Å². The van der Waals surface area contributed by atoms with Gasteiger partial charge in [-0.25, -0.2) is 4.98 Å². The standard InChI is InChI=1S/C22H32N4O4/c1-13(2)18(23)20(29)26-11-7-9-16(26)19(28)25-22(12-27,14(3)4)21-24-15-8-5-6-10-17(15)30-21/h5-6,8,10,13-14,16,18,27H,7,9,11-12,23H2,1-4H3,(H,25,28)/t16-,18-,22+/m0/s1. The predicted octanol–water partition coefficient (Wildman–Crippen LogP) is 1.76. The van der Waals surface area contributed by atoms with Gasteiger partial charge in [0.1, 0.15) is 17.1 Å². The number of carbonyl (C=O) groups excluding carboxylic acids is 2. The molecule has 2 heterocycles. The van der Waals surface area contributed by atoms with Crippen molar-refractivity contribution in [3.8, 4) is 0 Å². The Morgan fingerprint density at radius 1 is 1.33 bits per heavy atom. The molecule has 1 aliphatic rings. The van der Waals surface area contributed by atoms with Gasteiger partial charge in [0, 0.05) is 6.54 Å². The molecule has 3 rings (SSSR count). The van der Waals surface area contributed by atoms with Crippen LogP contribution in [0.15, 0.2) is 28.7 Å². The molecule has 8 nitrogen and oxygen atoms in total. The average molecular weight is 417 g/mol. The van der Waals surface area contributed by atoms with E-state index in [1.807, 2.05) is 45.9 Å². The molecule has 1 aliphatic heterocycles. The molecule has 1 aromatic carbocycles. The van der Waals surface area contributed by atoms with E-state index in [9.17, 15) is 14.7 Å². The molecule has 0 saturated carbocycles. The largest absolute Gasteiger partial charge is 0.438 e. The molecular formula is C22H32N4O4. The van der Waals surface area contributed by atoms with Crippen LogP contribution >= 0.6 is 0 Å². The van der Waals surface area contributed by atoms with Gasteiger partial charge >= 0.3 is 0 Å². The molecule has 0 bridgehead atoms. The molecule has 0 aliphatic carbocycles. The summed E-state index contributed by atoms with van der Waals surface area (Å²) in [5.41, 5.74) is 6.09. The Bertz CT molecular complexity index is 876. The second-order valence-electron chi connectivity index (χ2n) is 8.72. The highest BCUT2D eigenvalue weighted by atomic mass is 16.4. The number of aliphatic hydroxyl groups is 1. The minimum Gasteiger partial charge on any atom is -0.438 e. The lowest BCUT2D eigenvalue weighted by molar-refractivity contribution is -0.141. The molecule has 164 valence electrons. The molecule has 0 spiro atoms. The third-order valence-corrected chi connectivity index (χ3v) is 6.10. The number of benzene rings is 1. The molecule has 1 aromatic heterocycles. The van der Waals surface area contributed by atoms with Crippen LogP contribution in [-0.4, -0.2) is 52.0 Å². The van der Waals surface area contributed by atoms with Gasteiger partial charge in [-0.2, -0.15) is 0 Å². The molecule has 1 fully saturated rings. The van der Waals surface area contributed by atoms with E-state index < -0.39 is 17.6 Å². The van der Waals surface area contributed by atoms with Crippen LogP contribution in [0.2, 0.25) is 0 Å². The van der Waals surface area contributed by atoms with E-state index in [4.69, 9.17) is 10.2 Å². The number of hydrogen-bond donors (Lipinski definition) is 3. The van der Waals surface area contributed by atoms with Crippen LogP contribution in [0.25, 0.3) is 11.1 Å². The fourth-order valence-corrected chi connectivity index (χ4v) is 3.88. The van der Waals surface area contributed by atoms with Crippen molar-refractivity contribution in [1.82, 2.24) is 15.2 Å². The van der Waals surface area contributed by atoms with E-state index in [1.165, 1.54) is 0 Å². The number of rotatable bonds is 7. The monoisotopic (exact) mass is 416 g/mol. The number of para-hydroxylation sites is 2. The minimum absolute atomic E-state index is 0.0197.